The van der Waals surface area contributed by atoms with Crippen molar-refractivity contribution in [2.75, 3.05) is 6.54 Å². The van der Waals surface area contributed by atoms with E-state index in [2.05, 4.69) is 9.71 Å². The van der Waals surface area contributed by atoms with Crippen molar-refractivity contribution in [3.63, 3.8) is 0 Å². The number of nitrogens with one attached hydrogen (secondary N) is 1. The molecule has 0 spiro atoms. The van der Waals surface area contributed by atoms with Gasteiger partial charge in [-0.15, -0.1) is 4.40 Å². The second kappa shape index (κ2) is 12.3. The van der Waals surface area contributed by atoms with Crippen LogP contribution in [0.2, 0.25) is 5.02 Å². The van der Waals surface area contributed by atoms with Gasteiger partial charge < -0.3 is 11.1 Å². The first-order valence-electron chi connectivity index (χ1n) is 12.6. The molecule has 0 saturated carbocycles. The van der Waals surface area contributed by atoms with Crippen molar-refractivity contribution in [3.8, 4) is 0 Å². The van der Waals surface area contributed by atoms with Gasteiger partial charge in [0.2, 0.25) is 11.9 Å². The monoisotopic (exact) mass is 605 g/mol. The van der Waals surface area contributed by atoms with Gasteiger partial charge in [0.15, 0.2) is 0 Å². The molecule has 0 saturated heterocycles. The Labute approximate surface area is 240 Å². The fraction of sp³-hybridized carbons (Fsp3) is 0.250. The van der Waals surface area contributed by atoms with Gasteiger partial charge in [0.1, 0.15) is 6.04 Å². The third-order valence-corrected chi connectivity index (χ3v) is 8.05. The van der Waals surface area contributed by atoms with Gasteiger partial charge in [-0.2, -0.15) is 26.7 Å². The number of guanidine groups is 1. The van der Waals surface area contributed by atoms with Crippen molar-refractivity contribution in [3.05, 3.63) is 101 Å². The number of amides is 1. The third-order valence-electron chi connectivity index (χ3n) is 6.52. The number of primary amides is 1. The molecule has 1 aliphatic rings. The summed E-state index contributed by atoms with van der Waals surface area (Å²) >= 11 is 6.10. The molecule has 0 fully saturated rings. The molecule has 41 heavy (non-hydrogen) atoms. The first-order valence-corrected chi connectivity index (χ1v) is 14.5. The van der Waals surface area contributed by atoms with Crippen LogP contribution in [0.4, 0.5) is 13.2 Å². The number of halogens is 4. The highest BCUT2D eigenvalue weighted by molar-refractivity contribution is 7.90. The summed E-state index contributed by atoms with van der Waals surface area (Å²) in [6.07, 6.45) is -3.92. The van der Waals surface area contributed by atoms with Crippen LogP contribution in [0.1, 0.15) is 42.4 Å². The number of hydrazone groups is 1. The zero-order valence-electron chi connectivity index (χ0n) is 21.8. The molecule has 3 N–H and O–H groups in total. The average molecular weight is 606 g/mol. The molecule has 216 valence electrons. The van der Waals surface area contributed by atoms with E-state index in [0.717, 1.165) is 23.3 Å². The zero-order valence-corrected chi connectivity index (χ0v) is 23.4. The lowest BCUT2D eigenvalue weighted by Crippen LogP contribution is -2.51. The van der Waals surface area contributed by atoms with Gasteiger partial charge >= 0.3 is 6.18 Å². The number of hydrogen-bond acceptors (Lipinski definition) is 4. The fourth-order valence-electron chi connectivity index (χ4n) is 4.34. The number of carbonyl (C=O) groups is 1. The van der Waals surface area contributed by atoms with Crippen LogP contribution in [0.3, 0.4) is 0 Å². The Balaban J connectivity index is 1.81. The summed E-state index contributed by atoms with van der Waals surface area (Å²) in [4.78, 5) is 11.6. The fourth-order valence-corrected chi connectivity index (χ4v) is 5.43. The number of nitrogens with zero attached hydrogens (tertiary/aromatic N) is 3. The van der Waals surface area contributed by atoms with Gasteiger partial charge in [0, 0.05) is 17.5 Å². The normalized spacial score (nSPS) is 17.1. The molecular weight excluding hydrogens is 579 g/mol. The smallest absolute Gasteiger partial charge is 0.368 e. The molecular formula is C28H27ClF3N5O3S. The van der Waals surface area contributed by atoms with E-state index in [1.807, 2.05) is 30.3 Å². The topological polar surface area (TPSA) is 117 Å². The number of hydrogen-bond donors (Lipinski definition) is 2. The molecule has 0 bridgehead atoms. The number of carbonyl (C=O) groups excluding carboxylic acids is 1. The minimum atomic E-state index is -4.63. The highest BCUT2D eigenvalue weighted by Crippen LogP contribution is 2.32. The maximum Gasteiger partial charge on any atom is 0.416 e. The van der Waals surface area contributed by atoms with Crippen LogP contribution >= 0.6 is 11.6 Å². The highest BCUT2D eigenvalue weighted by Gasteiger charge is 2.32. The predicted molar refractivity (Wildman–Crippen MR) is 151 cm³/mol. The van der Waals surface area contributed by atoms with Crippen molar-refractivity contribution in [1.29, 1.82) is 0 Å². The van der Waals surface area contributed by atoms with E-state index in [9.17, 15) is 26.4 Å². The Kier molecular flexibility index (Phi) is 9.03. The molecule has 0 radical (unpaired) electrons. The van der Waals surface area contributed by atoms with Crippen molar-refractivity contribution in [2.45, 2.75) is 42.8 Å². The van der Waals surface area contributed by atoms with Crippen LogP contribution < -0.4 is 11.1 Å². The molecule has 8 nitrogen and oxygen atoms in total. The molecule has 0 aromatic heterocycles. The van der Waals surface area contributed by atoms with Crippen molar-refractivity contribution < 1.29 is 26.4 Å². The Morgan fingerprint density at radius 3 is 2.29 bits per heavy atom. The Hall–Kier alpha value is -3.90. The van der Waals surface area contributed by atoms with Gasteiger partial charge in [-0.05, 0) is 60.4 Å². The minimum Gasteiger partial charge on any atom is -0.368 e. The Morgan fingerprint density at radius 1 is 1.10 bits per heavy atom. The average Bonchev–Trinajstić information content (AvgIpc) is 2.95. The Morgan fingerprint density at radius 2 is 1.73 bits per heavy atom. The molecule has 0 aliphatic carbocycles. The summed E-state index contributed by atoms with van der Waals surface area (Å²) in [6.45, 7) is 1.88. The van der Waals surface area contributed by atoms with E-state index in [4.69, 9.17) is 22.4 Å². The molecule has 1 aliphatic heterocycles. The maximum absolute atomic E-state index is 13.2. The van der Waals surface area contributed by atoms with Crippen LogP contribution in [-0.4, -0.2) is 43.6 Å². The van der Waals surface area contributed by atoms with E-state index >= 15 is 0 Å². The lowest BCUT2D eigenvalue weighted by Gasteiger charge is -2.33. The predicted octanol–water partition coefficient (Wildman–Crippen LogP) is 5.15. The van der Waals surface area contributed by atoms with Gasteiger partial charge in [0.25, 0.3) is 10.0 Å². The molecule has 3 aromatic rings. The number of benzene rings is 3. The standard InChI is InChI=1S/C28H27ClF3N5O3S/c1-2-24(26(33)38)34-27(36-41(39,40)22-14-10-20(11-15-22)28(30,31)32)37-17-16-23(18-6-4-3-5-7-18)25(35-37)19-8-12-21(29)13-9-19/h3-15,23-24H,2,16-17H2,1H3,(H2,33,38)(H,34,36). The van der Waals surface area contributed by atoms with E-state index in [1.54, 1.807) is 31.2 Å². The van der Waals surface area contributed by atoms with Crippen LogP contribution in [-0.2, 0) is 21.0 Å². The van der Waals surface area contributed by atoms with Crippen LogP contribution in [0.25, 0.3) is 0 Å². The maximum atomic E-state index is 13.2. The first kappa shape index (κ1) is 30.1. The summed E-state index contributed by atoms with van der Waals surface area (Å²) in [5, 5.41) is 9.40. The quantitative estimate of drug-likeness (QED) is 0.285. The largest absolute Gasteiger partial charge is 0.416 e. The van der Waals surface area contributed by atoms with E-state index < -0.39 is 38.6 Å². The van der Waals surface area contributed by atoms with Gasteiger partial charge in [-0.3, -0.25) is 4.79 Å². The number of sulfonamides is 1. The summed E-state index contributed by atoms with van der Waals surface area (Å²) in [5.41, 5.74) is 6.84. The van der Waals surface area contributed by atoms with Crippen LogP contribution in [0.15, 0.2) is 93.3 Å². The second-order valence-electron chi connectivity index (χ2n) is 9.29. The molecule has 13 heteroatoms. The van der Waals surface area contributed by atoms with Gasteiger partial charge in [0.05, 0.1) is 16.2 Å². The summed E-state index contributed by atoms with van der Waals surface area (Å²) in [7, 11) is -4.53. The van der Waals surface area contributed by atoms with Gasteiger partial charge in [-0.25, -0.2) is 5.01 Å². The summed E-state index contributed by atoms with van der Waals surface area (Å²) < 4.78 is 69.4. The number of nitrogens with two attached hydrogens (primary N) is 1. The van der Waals surface area contributed by atoms with E-state index in [1.165, 1.54) is 5.01 Å². The number of alkyl halides is 3. The van der Waals surface area contributed by atoms with Crippen LogP contribution in [0.5, 0.6) is 0 Å². The highest BCUT2D eigenvalue weighted by atomic mass is 35.5. The SMILES string of the molecule is CCC(N/C(=N/S(=O)(=O)c1ccc(C(F)(F)F)cc1)N1CCC(c2ccccc2)C(c2ccc(Cl)cc2)=N1)C(N)=O. The first-order chi connectivity index (χ1) is 19.4. The molecule has 3 aromatic carbocycles. The Bertz CT molecular complexity index is 1550. The summed E-state index contributed by atoms with van der Waals surface area (Å²) in [6, 6.07) is 18.6. The van der Waals surface area contributed by atoms with E-state index in [-0.39, 0.29) is 24.8 Å². The number of rotatable bonds is 7. The van der Waals surface area contributed by atoms with Gasteiger partial charge in [-0.1, -0.05) is 61.0 Å². The second-order valence-corrected chi connectivity index (χ2v) is 11.3. The van der Waals surface area contributed by atoms with Crippen LogP contribution in [0, 0.1) is 0 Å². The third kappa shape index (κ3) is 7.25. The lowest BCUT2D eigenvalue weighted by molar-refractivity contribution is -0.137. The lowest BCUT2D eigenvalue weighted by atomic mass is 9.86. The van der Waals surface area contributed by atoms with Crippen molar-refractivity contribution >= 4 is 39.2 Å². The zero-order chi connectivity index (χ0) is 29.8. The summed E-state index contributed by atoms with van der Waals surface area (Å²) in [5.74, 6) is -1.18. The molecule has 1 amide bonds. The van der Waals surface area contributed by atoms with E-state index in [0.29, 0.717) is 29.3 Å². The molecule has 2 unspecified atom stereocenters. The van der Waals surface area contributed by atoms with Crippen molar-refractivity contribution in [1.82, 2.24) is 10.3 Å². The molecule has 1 heterocycles. The molecule has 2 atom stereocenters. The van der Waals surface area contributed by atoms with Crippen molar-refractivity contribution in [2.24, 2.45) is 15.2 Å². The minimum absolute atomic E-state index is 0.153. The molecule has 4 rings (SSSR count).